The fraction of sp³-hybridized carbons (Fsp3) is 0. The standard InChI is InChI=1S/C11H8ClN5/c12-7-5-16-11(13)17-10(7)6-3-9-8(15-4-6)1-2-14-9/h1-5,14H,(H2,13,16,17). The average Bonchev–Trinajstić information content (AvgIpc) is 2.79. The van der Waals surface area contributed by atoms with Gasteiger partial charge >= 0.3 is 0 Å². The summed E-state index contributed by atoms with van der Waals surface area (Å²) in [7, 11) is 0. The van der Waals surface area contributed by atoms with Crippen molar-refractivity contribution in [2.75, 3.05) is 5.73 Å². The second-order valence-corrected chi connectivity index (χ2v) is 3.97. The summed E-state index contributed by atoms with van der Waals surface area (Å²) in [6, 6.07) is 3.82. The van der Waals surface area contributed by atoms with Crippen LogP contribution in [0.25, 0.3) is 22.3 Å². The second-order valence-electron chi connectivity index (χ2n) is 3.56. The normalized spacial score (nSPS) is 10.9. The highest BCUT2D eigenvalue weighted by atomic mass is 35.5. The minimum Gasteiger partial charge on any atom is -0.368 e. The number of pyridine rings is 1. The SMILES string of the molecule is Nc1ncc(Cl)c(-c2cnc3cc[nH]c3c2)n1. The van der Waals surface area contributed by atoms with Gasteiger partial charge in [0.25, 0.3) is 0 Å². The minimum absolute atomic E-state index is 0.191. The van der Waals surface area contributed by atoms with E-state index in [1.54, 1.807) is 6.20 Å². The predicted octanol–water partition coefficient (Wildman–Crippen LogP) is 2.26. The number of H-pyrrole nitrogens is 1. The lowest BCUT2D eigenvalue weighted by atomic mass is 10.2. The first kappa shape index (κ1) is 10.0. The van der Waals surface area contributed by atoms with Crippen LogP contribution in [-0.2, 0) is 0 Å². The lowest BCUT2D eigenvalue weighted by Gasteiger charge is -2.03. The van der Waals surface area contributed by atoms with Crippen molar-refractivity contribution in [1.29, 1.82) is 0 Å². The van der Waals surface area contributed by atoms with Crippen molar-refractivity contribution < 1.29 is 0 Å². The van der Waals surface area contributed by atoms with Crippen LogP contribution in [-0.4, -0.2) is 19.9 Å². The molecule has 6 heteroatoms. The molecule has 0 aliphatic heterocycles. The van der Waals surface area contributed by atoms with Crippen LogP contribution in [0.4, 0.5) is 5.95 Å². The molecule has 0 atom stereocenters. The highest BCUT2D eigenvalue weighted by molar-refractivity contribution is 6.32. The largest absolute Gasteiger partial charge is 0.368 e. The van der Waals surface area contributed by atoms with Gasteiger partial charge in [-0.3, -0.25) is 4.98 Å². The number of nitrogen functional groups attached to an aromatic ring is 1. The molecule has 3 heterocycles. The molecule has 0 fully saturated rings. The molecule has 5 nitrogen and oxygen atoms in total. The number of nitrogens with zero attached hydrogens (tertiary/aromatic N) is 3. The van der Waals surface area contributed by atoms with Gasteiger partial charge in [-0.1, -0.05) is 11.6 Å². The van der Waals surface area contributed by atoms with Crippen LogP contribution in [0.2, 0.25) is 5.02 Å². The van der Waals surface area contributed by atoms with Gasteiger partial charge in [-0.2, -0.15) is 0 Å². The van der Waals surface area contributed by atoms with Gasteiger partial charge in [0.2, 0.25) is 5.95 Å². The molecule has 0 aromatic carbocycles. The number of rotatable bonds is 1. The fourth-order valence-corrected chi connectivity index (χ4v) is 1.85. The third kappa shape index (κ3) is 1.70. The van der Waals surface area contributed by atoms with Crippen molar-refractivity contribution in [2.45, 2.75) is 0 Å². The Hall–Kier alpha value is -2.14. The molecule has 3 N–H and O–H groups in total. The van der Waals surface area contributed by atoms with Crippen molar-refractivity contribution >= 4 is 28.6 Å². The summed E-state index contributed by atoms with van der Waals surface area (Å²) in [5, 5.41) is 0.451. The van der Waals surface area contributed by atoms with E-state index < -0.39 is 0 Å². The number of aromatic amines is 1. The zero-order valence-corrected chi connectivity index (χ0v) is 9.44. The van der Waals surface area contributed by atoms with Gasteiger partial charge in [-0.15, -0.1) is 0 Å². The molecule has 0 bridgehead atoms. The third-order valence-corrected chi connectivity index (χ3v) is 2.71. The summed E-state index contributed by atoms with van der Waals surface area (Å²) in [4.78, 5) is 15.3. The van der Waals surface area contributed by atoms with Gasteiger partial charge in [0.15, 0.2) is 0 Å². The van der Waals surface area contributed by atoms with Crippen LogP contribution in [0.15, 0.2) is 30.7 Å². The van der Waals surface area contributed by atoms with Gasteiger partial charge in [0.1, 0.15) is 0 Å². The number of aromatic nitrogens is 4. The van der Waals surface area contributed by atoms with Crippen molar-refractivity contribution in [3.63, 3.8) is 0 Å². The van der Waals surface area contributed by atoms with Crippen LogP contribution in [0.1, 0.15) is 0 Å². The molecule has 0 aliphatic rings. The van der Waals surface area contributed by atoms with E-state index in [2.05, 4.69) is 19.9 Å². The number of anilines is 1. The van der Waals surface area contributed by atoms with Crippen LogP contribution >= 0.6 is 11.6 Å². The summed E-state index contributed by atoms with van der Waals surface area (Å²) >= 11 is 6.04. The number of nitrogens with one attached hydrogen (secondary N) is 1. The summed E-state index contributed by atoms with van der Waals surface area (Å²) in [5.41, 5.74) is 8.76. The van der Waals surface area contributed by atoms with E-state index in [0.717, 1.165) is 16.6 Å². The molecule has 0 amide bonds. The Kier molecular flexibility index (Phi) is 2.19. The molecule has 0 spiro atoms. The van der Waals surface area contributed by atoms with Gasteiger partial charge in [0, 0.05) is 18.0 Å². The Balaban J connectivity index is 2.22. The molecule has 3 aromatic rings. The maximum atomic E-state index is 6.04. The van der Waals surface area contributed by atoms with E-state index in [1.165, 1.54) is 6.20 Å². The Morgan fingerprint density at radius 3 is 3.00 bits per heavy atom. The molecule has 0 radical (unpaired) electrons. The molecule has 0 saturated heterocycles. The molecule has 0 aliphatic carbocycles. The molecule has 84 valence electrons. The first-order valence-electron chi connectivity index (χ1n) is 4.95. The Labute approximate surface area is 102 Å². The van der Waals surface area contributed by atoms with Crippen molar-refractivity contribution in [3.05, 3.63) is 35.7 Å². The summed E-state index contributed by atoms with van der Waals surface area (Å²) < 4.78 is 0. The quantitative estimate of drug-likeness (QED) is 0.689. The predicted molar refractivity (Wildman–Crippen MR) is 66.5 cm³/mol. The zero-order valence-electron chi connectivity index (χ0n) is 8.68. The van der Waals surface area contributed by atoms with Crippen molar-refractivity contribution in [1.82, 2.24) is 19.9 Å². The second kappa shape index (κ2) is 3.71. The number of hydrogen-bond donors (Lipinski definition) is 2. The molecule has 17 heavy (non-hydrogen) atoms. The van der Waals surface area contributed by atoms with Gasteiger partial charge < -0.3 is 10.7 Å². The van der Waals surface area contributed by atoms with Crippen molar-refractivity contribution in [2.24, 2.45) is 0 Å². The zero-order chi connectivity index (χ0) is 11.8. The van der Waals surface area contributed by atoms with E-state index in [4.69, 9.17) is 17.3 Å². The smallest absolute Gasteiger partial charge is 0.220 e. The third-order valence-electron chi connectivity index (χ3n) is 2.43. The van der Waals surface area contributed by atoms with E-state index >= 15 is 0 Å². The van der Waals surface area contributed by atoms with E-state index in [-0.39, 0.29) is 5.95 Å². The van der Waals surface area contributed by atoms with E-state index in [0.29, 0.717) is 10.7 Å². The number of halogens is 1. The van der Waals surface area contributed by atoms with Gasteiger partial charge in [-0.05, 0) is 12.1 Å². The lowest BCUT2D eigenvalue weighted by molar-refractivity contribution is 1.19. The maximum Gasteiger partial charge on any atom is 0.220 e. The highest BCUT2D eigenvalue weighted by Gasteiger charge is 2.08. The summed E-state index contributed by atoms with van der Waals surface area (Å²) in [6.45, 7) is 0. The highest BCUT2D eigenvalue weighted by Crippen LogP contribution is 2.26. The topological polar surface area (TPSA) is 80.5 Å². The van der Waals surface area contributed by atoms with Crippen LogP contribution in [0.3, 0.4) is 0 Å². The first-order valence-corrected chi connectivity index (χ1v) is 5.33. The molecule has 0 saturated carbocycles. The average molecular weight is 246 g/mol. The Morgan fingerprint density at radius 2 is 2.12 bits per heavy atom. The van der Waals surface area contributed by atoms with Crippen molar-refractivity contribution in [3.8, 4) is 11.3 Å². The van der Waals surface area contributed by atoms with E-state index in [9.17, 15) is 0 Å². The van der Waals surface area contributed by atoms with Gasteiger partial charge in [0.05, 0.1) is 27.9 Å². The maximum absolute atomic E-state index is 6.04. The summed E-state index contributed by atoms with van der Waals surface area (Å²) in [5.74, 6) is 0.191. The summed E-state index contributed by atoms with van der Waals surface area (Å²) in [6.07, 6.45) is 5.03. The van der Waals surface area contributed by atoms with Crippen LogP contribution in [0.5, 0.6) is 0 Å². The molecular formula is C11H8ClN5. The molecular weight excluding hydrogens is 238 g/mol. The molecule has 3 rings (SSSR count). The number of nitrogens with two attached hydrogens (primary N) is 1. The Morgan fingerprint density at radius 1 is 1.24 bits per heavy atom. The minimum atomic E-state index is 0.191. The van der Waals surface area contributed by atoms with Crippen LogP contribution < -0.4 is 5.73 Å². The van der Waals surface area contributed by atoms with Gasteiger partial charge in [-0.25, -0.2) is 9.97 Å². The number of hydrogen-bond acceptors (Lipinski definition) is 4. The molecule has 3 aromatic heterocycles. The lowest BCUT2D eigenvalue weighted by Crippen LogP contribution is -1.96. The van der Waals surface area contributed by atoms with Crippen LogP contribution in [0, 0.1) is 0 Å². The number of fused-ring (bicyclic) bond motifs is 1. The van der Waals surface area contributed by atoms with E-state index in [1.807, 2.05) is 18.3 Å². The monoisotopic (exact) mass is 245 g/mol. The fourth-order valence-electron chi connectivity index (χ4n) is 1.65. The first-order chi connectivity index (χ1) is 8.24. The Bertz CT molecular complexity index is 691. The molecule has 0 unspecified atom stereocenters.